The molecule has 0 saturated heterocycles. The molecule has 7 aromatic rings. The van der Waals surface area contributed by atoms with Crippen LogP contribution in [0.3, 0.4) is 0 Å². The summed E-state index contributed by atoms with van der Waals surface area (Å²) in [5.74, 6) is 0.409. The van der Waals surface area contributed by atoms with Gasteiger partial charge in [0.2, 0.25) is 0 Å². The van der Waals surface area contributed by atoms with Crippen LogP contribution in [0.4, 0.5) is 11.4 Å². The largest absolute Gasteiger partial charge is 0.507 e. The van der Waals surface area contributed by atoms with Crippen LogP contribution in [-0.2, 0) is 33.0 Å². The molecule has 0 saturated carbocycles. The number of aliphatic imine (C=N–C) groups is 2. The van der Waals surface area contributed by atoms with Crippen molar-refractivity contribution in [2.45, 2.75) is 13.8 Å². The molecule has 0 fully saturated rings. The van der Waals surface area contributed by atoms with Gasteiger partial charge in [-0.05, 0) is 80.6 Å². The summed E-state index contributed by atoms with van der Waals surface area (Å²) in [5, 5.41) is 41.2. The van der Waals surface area contributed by atoms with Gasteiger partial charge in [-0.3, -0.25) is 20.0 Å². The van der Waals surface area contributed by atoms with Crippen molar-refractivity contribution in [3.63, 3.8) is 0 Å². The summed E-state index contributed by atoms with van der Waals surface area (Å²) in [6, 6.07) is 36.5. The molecule has 7 rings (SSSR count). The van der Waals surface area contributed by atoms with E-state index in [1.165, 1.54) is 6.07 Å². The van der Waals surface area contributed by atoms with Crippen molar-refractivity contribution in [2.75, 3.05) is 0 Å². The predicted molar refractivity (Wildman–Crippen MR) is 209 cm³/mol. The molecular weight excluding hydrogens is 878 g/mol. The number of aromatic nitrogens is 2. The Kier molecular flexibility index (Phi) is 16.0. The van der Waals surface area contributed by atoms with Gasteiger partial charge < -0.3 is 20.4 Å². The molecule has 0 spiro atoms. The van der Waals surface area contributed by atoms with Gasteiger partial charge >= 0.3 is 0 Å². The van der Waals surface area contributed by atoms with E-state index in [1.54, 1.807) is 42.7 Å². The number of phenolic OH excluding ortho intramolecular Hbond substituents is 4. The third-order valence-corrected chi connectivity index (χ3v) is 8.31. The van der Waals surface area contributed by atoms with Crippen LogP contribution in [0.25, 0.3) is 21.8 Å². The van der Waals surface area contributed by atoms with Crippen molar-refractivity contribution in [2.24, 2.45) is 9.98 Å². The first-order chi connectivity index (χ1) is 24.1. The number of hydrogen-bond acceptors (Lipinski definition) is 8. The zero-order valence-electron chi connectivity index (χ0n) is 27.7. The van der Waals surface area contributed by atoms with Crippen LogP contribution < -0.4 is 0 Å². The number of rotatable bonds is 4. The summed E-state index contributed by atoms with van der Waals surface area (Å²) >= 11 is 6.86. The monoisotopic (exact) mass is 906 g/mol. The summed E-state index contributed by atoms with van der Waals surface area (Å²) in [6.07, 6.45) is 3.34. The third kappa shape index (κ3) is 11.2. The number of benzene rings is 5. The van der Waals surface area contributed by atoms with Crippen molar-refractivity contribution >= 4 is 76.5 Å². The first-order valence-electron chi connectivity index (χ1n) is 15.3. The zero-order valence-corrected chi connectivity index (χ0v) is 32.8. The average molecular weight is 910 g/mol. The maximum absolute atomic E-state index is 10.3. The minimum atomic E-state index is -0.0345. The van der Waals surface area contributed by atoms with Crippen LogP contribution in [0.15, 0.2) is 153 Å². The fraction of sp³-hybridized carbons (Fsp3) is 0.0500. The smallest absolute Gasteiger partial charge is 0.141 e. The van der Waals surface area contributed by atoms with E-state index in [2.05, 4.69) is 51.8 Å². The third-order valence-electron chi connectivity index (χ3n) is 7.33. The van der Waals surface area contributed by atoms with Crippen LogP contribution in [0.2, 0.25) is 0 Å². The first-order valence-corrected chi connectivity index (χ1v) is 16.9. The molecular formula is C40H32Br2N4Ni2O4. The Morgan fingerprint density at radius 3 is 1.25 bits per heavy atom. The molecule has 8 nitrogen and oxygen atoms in total. The fourth-order valence-corrected chi connectivity index (χ4v) is 5.71. The number of pyridine rings is 2. The number of fused-ring (bicyclic) bond motifs is 2. The van der Waals surface area contributed by atoms with Gasteiger partial charge in [0.15, 0.2) is 0 Å². The van der Waals surface area contributed by atoms with Gasteiger partial charge in [0.1, 0.15) is 34.0 Å². The van der Waals surface area contributed by atoms with Crippen LogP contribution in [0.5, 0.6) is 23.0 Å². The van der Waals surface area contributed by atoms with Gasteiger partial charge in [-0.15, -0.1) is 0 Å². The minimum absolute atomic E-state index is 0. The van der Waals surface area contributed by atoms with E-state index in [0.717, 1.165) is 31.1 Å². The summed E-state index contributed by atoms with van der Waals surface area (Å²) in [6.45, 7) is 3.63. The molecule has 52 heavy (non-hydrogen) atoms. The topological polar surface area (TPSA) is 131 Å². The van der Waals surface area contributed by atoms with E-state index in [9.17, 15) is 20.4 Å². The van der Waals surface area contributed by atoms with Crippen molar-refractivity contribution in [1.29, 1.82) is 0 Å². The summed E-state index contributed by atoms with van der Waals surface area (Å²) in [7, 11) is 0. The second kappa shape index (κ2) is 19.9. The van der Waals surface area contributed by atoms with E-state index in [-0.39, 0.29) is 56.0 Å². The number of phenols is 4. The first kappa shape index (κ1) is 41.8. The summed E-state index contributed by atoms with van der Waals surface area (Å²) in [4.78, 5) is 17.2. The van der Waals surface area contributed by atoms with Gasteiger partial charge in [0.05, 0.1) is 11.4 Å². The van der Waals surface area contributed by atoms with Crippen molar-refractivity contribution in [1.82, 2.24) is 9.97 Å². The molecule has 0 aliphatic carbocycles. The molecule has 2 aromatic heterocycles. The summed E-state index contributed by atoms with van der Waals surface area (Å²) in [5.41, 5.74) is 5.19. The summed E-state index contributed by atoms with van der Waals surface area (Å²) < 4.78 is 1.85. The minimum Gasteiger partial charge on any atom is -0.507 e. The molecule has 0 unspecified atom stereocenters. The molecule has 5 aromatic carbocycles. The van der Waals surface area contributed by atoms with E-state index in [1.807, 2.05) is 98.8 Å². The molecule has 0 aliphatic rings. The second-order valence-electron chi connectivity index (χ2n) is 10.9. The molecule has 4 N–H and O–H groups in total. The van der Waals surface area contributed by atoms with Crippen molar-refractivity contribution in [3.8, 4) is 23.0 Å². The molecule has 0 radical (unpaired) electrons. The van der Waals surface area contributed by atoms with E-state index in [4.69, 9.17) is 0 Å². The molecule has 0 aliphatic heterocycles. The Morgan fingerprint density at radius 1 is 0.481 bits per heavy atom. The van der Waals surface area contributed by atoms with Gasteiger partial charge in [-0.25, -0.2) is 0 Å². The standard InChI is InChI=1S/C22H18Br2N2O2.2C9H7NO.2Ni/c1-13(25-17-7-3-5-15(23)9-17)19-11-20(22(28)12-21(19)27)14(2)26-18-8-4-6-16(24)10-18;2*11-8-5-1-3-7-4-2-6-10-9(7)8;;/h3-12,27-28H,1-2H3;2*1-6,11H;;. The normalized spacial score (nSPS) is 10.9. The predicted octanol–water partition coefficient (Wildman–Crippen LogP) is 10.8. The van der Waals surface area contributed by atoms with Gasteiger partial charge in [0.25, 0.3) is 0 Å². The van der Waals surface area contributed by atoms with Crippen LogP contribution in [-0.4, -0.2) is 41.8 Å². The molecule has 0 amide bonds. The Balaban J connectivity index is 0.000000248. The van der Waals surface area contributed by atoms with Crippen LogP contribution in [0.1, 0.15) is 25.0 Å². The van der Waals surface area contributed by atoms with E-state index in [0.29, 0.717) is 33.6 Å². The number of aromatic hydroxyl groups is 4. The van der Waals surface area contributed by atoms with E-state index < -0.39 is 0 Å². The number of hydrogen-bond donors (Lipinski definition) is 4. The number of halogens is 2. The zero-order chi connectivity index (χ0) is 35.6. The maximum atomic E-state index is 10.3. The Labute approximate surface area is 338 Å². The molecule has 12 heteroatoms. The van der Waals surface area contributed by atoms with Crippen LogP contribution >= 0.6 is 31.9 Å². The quantitative estimate of drug-likeness (QED) is 0.103. The van der Waals surface area contributed by atoms with Gasteiger partial charge in [-0.1, -0.05) is 80.4 Å². The van der Waals surface area contributed by atoms with Crippen molar-refractivity contribution < 1.29 is 53.4 Å². The second-order valence-corrected chi connectivity index (χ2v) is 12.8. The molecule has 0 atom stereocenters. The Bertz CT molecular complexity index is 2190. The van der Waals surface area contributed by atoms with Crippen molar-refractivity contribution in [3.05, 3.63) is 154 Å². The SMILES string of the molecule is CC(=Nc1cccc(Br)c1)c1cc(C(C)=Nc2cccc(Br)c2)c(O)cc1O.Oc1cccc2cccnc12.Oc1cccc2cccnc12.[Ni].[Ni]. The maximum Gasteiger partial charge on any atom is 0.141 e. The Hall–Kier alpha value is -4.59. The van der Waals surface area contributed by atoms with Crippen LogP contribution in [0, 0.1) is 0 Å². The van der Waals surface area contributed by atoms with Gasteiger partial charge in [-0.2, -0.15) is 0 Å². The molecule has 2 heterocycles. The number of para-hydroxylation sites is 2. The average Bonchev–Trinajstić information content (AvgIpc) is 3.09. The van der Waals surface area contributed by atoms with E-state index >= 15 is 0 Å². The Morgan fingerprint density at radius 2 is 0.865 bits per heavy atom. The number of nitrogens with zero attached hydrogens (tertiary/aromatic N) is 4. The molecule has 0 bridgehead atoms. The molecule has 270 valence electrons. The van der Waals surface area contributed by atoms with Gasteiger partial charge in [0, 0.05) is 93.7 Å². The fourth-order valence-electron chi connectivity index (χ4n) is 4.93.